The van der Waals surface area contributed by atoms with Crippen LogP contribution in [0.15, 0.2) is 72.9 Å². The van der Waals surface area contributed by atoms with Crippen molar-refractivity contribution in [3.63, 3.8) is 0 Å². The van der Waals surface area contributed by atoms with Crippen LogP contribution < -0.4 is 9.47 Å². The molecule has 0 saturated heterocycles. The highest BCUT2D eigenvalue weighted by atomic mass is 32.2. The highest BCUT2D eigenvalue weighted by Crippen LogP contribution is 2.33. The van der Waals surface area contributed by atoms with Gasteiger partial charge in [0, 0.05) is 17.8 Å². The maximum atomic E-state index is 13.0. The lowest BCUT2D eigenvalue weighted by Gasteiger charge is -2.18. The number of aryl methyl sites for hydroxylation is 1. The fraction of sp³-hybridized carbons (Fsp3) is 0.222. The molecule has 0 fully saturated rings. The second kappa shape index (κ2) is 11.4. The van der Waals surface area contributed by atoms with Gasteiger partial charge >= 0.3 is 6.18 Å². The summed E-state index contributed by atoms with van der Waals surface area (Å²) in [5.41, 5.74) is 1.40. The summed E-state index contributed by atoms with van der Waals surface area (Å²) in [6, 6.07) is 16.2. The summed E-state index contributed by atoms with van der Waals surface area (Å²) < 4.78 is 79.4. The van der Waals surface area contributed by atoms with Gasteiger partial charge in [-0.3, -0.25) is 9.17 Å². The molecule has 39 heavy (non-hydrogen) atoms. The molecule has 1 unspecified atom stereocenters. The molecule has 2 aromatic heterocycles. The molecule has 0 aliphatic rings. The van der Waals surface area contributed by atoms with Crippen molar-refractivity contribution >= 4 is 10.1 Å². The quantitative estimate of drug-likeness (QED) is 0.247. The number of methoxy groups -OCH3 is 1. The summed E-state index contributed by atoms with van der Waals surface area (Å²) in [7, 11) is -2.42. The summed E-state index contributed by atoms with van der Waals surface area (Å²) in [6.07, 6.45) is -3.53. The van der Waals surface area contributed by atoms with E-state index in [4.69, 9.17) is 13.7 Å². The highest BCUT2D eigenvalue weighted by Gasteiger charge is 2.31. The van der Waals surface area contributed by atoms with Crippen molar-refractivity contribution in [1.82, 2.24) is 15.0 Å². The molecular formula is C27H24F3N3O5S. The van der Waals surface area contributed by atoms with E-state index < -0.39 is 28.0 Å². The van der Waals surface area contributed by atoms with Crippen LogP contribution in [0.5, 0.6) is 11.6 Å². The molecule has 0 bridgehead atoms. The van der Waals surface area contributed by atoms with Gasteiger partial charge in [-0.1, -0.05) is 24.3 Å². The molecule has 0 aliphatic carbocycles. The molecule has 204 valence electrons. The molecule has 8 nitrogen and oxygen atoms in total. The summed E-state index contributed by atoms with van der Waals surface area (Å²) in [5, 5.41) is 0. The lowest BCUT2D eigenvalue weighted by molar-refractivity contribution is -0.137. The fourth-order valence-electron chi connectivity index (χ4n) is 3.69. The van der Waals surface area contributed by atoms with Crippen molar-refractivity contribution in [2.75, 3.05) is 13.4 Å². The number of aromatic nitrogens is 3. The standard InChI is InChI=1S/C27H24F3N3O5S/c1-17-32-23(15-25(33-17)37-16-18-4-10-22(36-2)11-5-18)20-12-13-31-24(14-20)26(38-39(3,34)35)19-6-8-21(9-7-19)27(28,29)30/h4-15,26H,16H2,1-3H3. The Labute approximate surface area is 223 Å². The molecule has 2 heterocycles. The molecule has 4 rings (SSSR count). The molecule has 0 saturated carbocycles. The lowest BCUT2D eigenvalue weighted by atomic mass is 10.0. The van der Waals surface area contributed by atoms with Crippen LogP contribution in [-0.2, 0) is 27.1 Å². The molecule has 0 aliphatic heterocycles. The Bertz CT molecular complexity index is 1540. The van der Waals surface area contributed by atoms with Crippen LogP contribution in [0.2, 0.25) is 0 Å². The predicted octanol–water partition coefficient (Wildman–Crippen LogP) is 5.52. The van der Waals surface area contributed by atoms with Crippen molar-refractivity contribution in [3.05, 3.63) is 101 Å². The van der Waals surface area contributed by atoms with Gasteiger partial charge in [0.05, 0.1) is 30.3 Å². The van der Waals surface area contributed by atoms with E-state index in [1.54, 1.807) is 32.2 Å². The largest absolute Gasteiger partial charge is 0.497 e. The fourth-order valence-corrected chi connectivity index (χ4v) is 4.25. The normalized spacial score (nSPS) is 12.7. The minimum atomic E-state index is -4.54. The van der Waals surface area contributed by atoms with Gasteiger partial charge in [0.15, 0.2) is 0 Å². The van der Waals surface area contributed by atoms with Gasteiger partial charge in [-0.25, -0.2) is 4.98 Å². The van der Waals surface area contributed by atoms with Gasteiger partial charge in [0.25, 0.3) is 10.1 Å². The second-order valence-corrected chi connectivity index (χ2v) is 10.1. The molecule has 0 amide bonds. The number of pyridine rings is 1. The smallest absolute Gasteiger partial charge is 0.416 e. The van der Waals surface area contributed by atoms with Crippen LogP contribution in [0.1, 0.15) is 34.3 Å². The van der Waals surface area contributed by atoms with E-state index in [0.717, 1.165) is 41.8 Å². The number of ether oxygens (including phenoxy) is 2. The number of alkyl halides is 3. The van der Waals surface area contributed by atoms with Crippen molar-refractivity contribution in [3.8, 4) is 22.9 Å². The van der Waals surface area contributed by atoms with Gasteiger partial charge in [-0.2, -0.15) is 26.6 Å². The topological polar surface area (TPSA) is 100 Å². The third-order valence-corrected chi connectivity index (χ3v) is 6.06. The molecular weight excluding hydrogens is 535 g/mol. The van der Waals surface area contributed by atoms with E-state index in [1.165, 1.54) is 6.20 Å². The average Bonchev–Trinajstić information content (AvgIpc) is 2.90. The van der Waals surface area contributed by atoms with Crippen molar-refractivity contribution in [2.45, 2.75) is 25.8 Å². The molecule has 0 N–H and O–H groups in total. The van der Waals surface area contributed by atoms with Crippen LogP contribution in [-0.4, -0.2) is 36.7 Å². The Kier molecular flexibility index (Phi) is 8.17. The molecule has 12 heteroatoms. The van der Waals surface area contributed by atoms with Gasteiger partial charge in [-0.05, 0) is 54.4 Å². The first-order valence-electron chi connectivity index (χ1n) is 11.5. The maximum absolute atomic E-state index is 13.0. The minimum Gasteiger partial charge on any atom is -0.497 e. The number of hydrogen-bond donors (Lipinski definition) is 0. The third kappa shape index (κ3) is 7.52. The lowest BCUT2D eigenvalue weighted by Crippen LogP contribution is -2.14. The van der Waals surface area contributed by atoms with Crippen LogP contribution in [0.4, 0.5) is 13.2 Å². The summed E-state index contributed by atoms with van der Waals surface area (Å²) >= 11 is 0. The van der Waals surface area contributed by atoms with E-state index in [0.29, 0.717) is 23.0 Å². The van der Waals surface area contributed by atoms with Gasteiger partial charge in [0.1, 0.15) is 24.3 Å². The molecule has 0 spiro atoms. The summed E-state index contributed by atoms with van der Waals surface area (Å²) in [4.78, 5) is 13.0. The number of hydrogen-bond acceptors (Lipinski definition) is 8. The Morgan fingerprint density at radius 3 is 2.26 bits per heavy atom. The first-order valence-corrected chi connectivity index (χ1v) is 13.4. The number of halogens is 3. The second-order valence-electron chi connectivity index (χ2n) is 8.54. The zero-order valence-corrected chi connectivity index (χ0v) is 22.0. The summed E-state index contributed by atoms with van der Waals surface area (Å²) in [6.45, 7) is 1.95. The van der Waals surface area contributed by atoms with Crippen molar-refractivity contribution in [2.24, 2.45) is 0 Å². The zero-order valence-electron chi connectivity index (χ0n) is 21.1. The summed E-state index contributed by atoms with van der Waals surface area (Å²) in [5.74, 6) is 1.47. The third-order valence-electron chi connectivity index (χ3n) is 5.52. The Morgan fingerprint density at radius 1 is 0.949 bits per heavy atom. The van der Waals surface area contributed by atoms with Crippen molar-refractivity contribution in [1.29, 1.82) is 0 Å². The van der Waals surface area contributed by atoms with Gasteiger partial charge in [0.2, 0.25) is 5.88 Å². The molecule has 2 aromatic carbocycles. The van der Waals surface area contributed by atoms with Gasteiger partial charge < -0.3 is 9.47 Å². The minimum absolute atomic E-state index is 0.162. The number of rotatable bonds is 9. The Hall–Kier alpha value is -4.03. The molecule has 1 atom stereocenters. The number of benzene rings is 2. The predicted molar refractivity (Wildman–Crippen MR) is 137 cm³/mol. The van der Waals surface area contributed by atoms with E-state index in [9.17, 15) is 21.6 Å². The molecule has 4 aromatic rings. The van der Waals surface area contributed by atoms with Crippen LogP contribution in [0.25, 0.3) is 11.3 Å². The first kappa shape index (κ1) is 28.0. The first-order chi connectivity index (χ1) is 18.4. The Morgan fingerprint density at radius 2 is 1.64 bits per heavy atom. The van der Waals surface area contributed by atoms with Crippen LogP contribution in [0, 0.1) is 6.92 Å². The van der Waals surface area contributed by atoms with Crippen molar-refractivity contribution < 1.29 is 35.2 Å². The van der Waals surface area contributed by atoms with Crippen LogP contribution >= 0.6 is 0 Å². The zero-order chi connectivity index (χ0) is 28.2. The SMILES string of the molecule is COc1ccc(COc2cc(-c3ccnc(C(OS(C)(=O)=O)c4ccc(C(F)(F)F)cc4)c3)nc(C)n2)cc1. The Balaban J connectivity index is 1.63. The monoisotopic (exact) mass is 559 g/mol. The highest BCUT2D eigenvalue weighted by molar-refractivity contribution is 7.86. The molecule has 0 radical (unpaired) electrons. The average molecular weight is 560 g/mol. The van der Waals surface area contributed by atoms with E-state index in [1.807, 2.05) is 24.3 Å². The van der Waals surface area contributed by atoms with Crippen LogP contribution in [0.3, 0.4) is 0 Å². The van der Waals surface area contributed by atoms with Gasteiger partial charge in [-0.15, -0.1) is 0 Å². The van der Waals surface area contributed by atoms with E-state index >= 15 is 0 Å². The maximum Gasteiger partial charge on any atom is 0.416 e. The number of nitrogens with zero attached hydrogens (tertiary/aromatic N) is 3. The van der Waals surface area contributed by atoms with E-state index in [2.05, 4.69) is 15.0 Å². The van der Waals surface area contributed by atoms with E-state index in [-0.39, 0.29) is 17.9 Å².